The number of aryl methyl sites for hydroxylation is 2. The summed E-state index contributed by atoms with van der Waals surface area (Å²) in [5, 5.41) is 4.39. The quantitative estimate of drug-likeness (QED) is 0.628. The van der Waals surface area contributed by atoms with Crippen molar-refractivity contribution in [3.05, 3.63) is 88.2 Å². The zero-order valence-corrected chi connectivity index (χ0v) is 17.4. The van der Waals surface area contributed by atoms with E-state index in [9.17, 15) is 13.6 Å². The zero-order chi connectivity index (χ0) is 21.4. The molecule has 30 heavy (non-hydrogen) atoms. The first kappa shape index (κ1) is 20.3. The van der Waals surface area contributed by atoms with Gasteiger partial charge in [-0.15, -0.1) is 0 Å². The van der Waals surface area contributed by atoms with Crippen molar-refractivity contribution in [2.45, 2.75) is 38.6 Å². The van der Waals surface area contributed by atoms with Crippen molar-refractivity contribution in [3.8, 4) is 0 Å². The van der Waals surface area contributed by atoms with Gasteiger partial charge >= 0.3 is 0 Å². The first-order valence-corrected chi connectivity index (χ1v) is 10.2. The molecule has 0 saturated carbocycles. The van der Waals surface area contributed by atoms with Gasteiger partial charge in [-0.3, -0.25) is 9.48 Å². The van der Waals surface area contributed by atoms with E-state index in [1.54, 1.807) is 0 Å². The highest BCUT2D eigenvalue weighted by Crippen LogP contribution is 2.40. The molecular weight excluding hydrogens is 384 g/mol. The van der Waals surface area contributed by atoms with Crippen LogP contribution in [0.15, 0.2) is 48.7 Å². The summed E-state index contributed by atoms with van der Waals surface area (Å²) in [5.74, 6) is -1.22. The minimum Gasteiger partial charge on any atom is -0.335 e. The van der Waals surface area contributed by atoms with Crippen molar-refractivity contribution in [3.63, 3.8) is 0 Å². The van der Waals surface area contributed by atoms with Crippen LogP contribution in [0.25, 0.3) is 0 Å². The third kappa shape index (κ3) is 3.62. The summed E-state index contributed by atoms with van der Waals surface area (Å²) in [6.45, 7) is 4.61. The van der Waals surface area contributed by atoms with Crippen LogP contribution in [0.1, 0.15) is 53.3 Å². The van der Waals surface area contributed by atoms with E-state index < -0.39 is 11.6 Å². The van der Waals surface area contributed by atoms with Crippen molar-refractivity contribution in [2.75, 3.05) is 6.54 Å². The predicted octanol–water partition coefficient (Wildman–Crippen LogP) is 4.67. The molecule has 1 amide bonds. The van der Waals surface area contributed by atoms with Crippen LogP contribution in [-0.4, -0.2) is 27.1 Å². The lowest BCUT2D eigenvalue weighted by atomic mass is 9.81. The molecule has 2 aromatic carbocycles. The summed E-state index contributed by atoms with van der Waals surface area (Å²) in [5.41, 5.74) is 4.88. The van der Waals surface area contributed by atoms with Crippen LogP contribution in [0.4, 0.5) is 8.78 Å². The van der Waals surface area contributed by atoms with Crippen LogP contribution < -0.4 is 0 Å². The molecule has 0 N–H and O–H groups in total. The molecule has 0 bridgehead atoms. The summed E-state index contributed by atoms with van der Waals surface area (Å²) >= 11 is 0. The van der Waals surface area contributed by atoms with Gasteiger partial charge in [0.2, 0.25) is 5.91 Å². The van der Waals surface area contributed by atoms with Crippen LogP contribution in [0, 0.1) is 18.6 Å². The minimum absolute atomic E-state index is 0.0349. The summed E-state index contributed by atoms with van der Waals surface area (Å²) in [6.07, 6.45) is 2.30. The first-order chi connectivity index (χ1) is 14.4. The van der Waals surface area contributed by atoms with Gasteiger partial charge in [0.15, 0.2) is 0 Å². The molecule has 3 aromatic rings. The van der Waals surface area contributed by atoms with Crippen LogP contribution in [0.2, 0.25) is 0 Å². The molecule has 2 heterocycles. The molecule has 0 spiro atoms. The Balaban J connectivity index is 1.60. The Morgan fingerprint density at radius 1 is 1.13 bits per heavy atom. The Morgan fingerprint density at radius 3 is 2.53 bits per heavy atom. The average Bonchev–Trinajstić information content (AvgIpc) is 3.06. The second-order valence-electron chi connectivity index (χ2n) is 7.95. The fraction of sp³-hybridized carbons (Fsp3) is 0.333. The highest BCUT2D eigenvalue weighted by molar-refractivity contribution is 5.77. The van der Waals surface area contributed by atoms with E-state index in [4.69, 9.17) is 0 Å². The molecule has 156 valence electrons. The maximum Gasteiger partial charge on any atom is 0.223 e. The Hall–Kier alpha value is -3.02. The van der Waals surface area contributed by atoms with Crippen molar-refractivity contribution in [1.82, 2.24) is 14.7 Å². The number of fused-ring (bicyclic) bond motifs is 1. The topological polar surface area (TPSA) is 38.1 Å². The maximum atomic E-state index is 14.0. The van der Waals surface area contributed by atoms with Gasteiger partial charge in [0.1, 0.15) is 11.6 Å². The number of rotatable bonds is 4. The van der Waals surface area contributed by atoms with E-state index in [1.165, 1.54) is 17.7 Å². The molecule has 1 aliphatic heterocycles. The van der Waals surface area contributed by atoms with Gasteiger partial charge in [-0.1, -0.05) is 30.3 Å². The highest BCUT2D eigenvalue weighted by Gasteiger charge is 2.35. The SMILES string of the molecule is Cc1c(C2CN(C(=O)CCc3ccc(F)cc3F)C(C)c3ccccc32)cnn1C. The molecule has 0 aliphatic carbocycles. The molecule has 0 fully saturated rings. The molecule has 0 radical (unpaired) electrons. The lowest BCUT2D eigenvalue weighted by Crippen LogP contribution is -2.41. The van der Waals surface area contributed by atoms with Gasteiger partial charge in [-0.25, -0.2) is 8.78 Å². The zero-order valence-electron chi connectivity index (χ0n) is 17.4. The van der Waals surface area contributed by atoms with Gasteiger partial charge in [0.05, 0.1) is 12.2 Å². The van der Waals surface area contributed by atoms with Crippen molar-refractivity contribution in [2.24, 2.45) is 7.05 Å². The number of benzene rings is 2. The van der Waals surface area contributed by atoms with Gasteiger partial charge in [-0.05, 0) is 43.0 Å². The molecule has 1 aliphatic rings. The van der Waals surface area contributed by atoms with Gasteiger partial charge in [0.25, 0.3) is 0 Å². The summed E-state index contributed by atoms with van der Waals surface area (Å²) in [6, 6.07) is 11.6. The number of carbonyl (C=O) groups is 1. The van der Waals surface area contributed by atoms with Crippen LogP contribution in [-0.2, 0) is 18.3 Å². The number of hydrogen-bond acceptors (Lipinski definition) is 2. The van der Waals surface area contributed by atoms with Gasteiger partial charge < -0.3 is 4.90 Å². The second kappa shape index (κ2) is 8.01. The number of hydrogen-bond donors (Lipinski definition) is 0. The lowest BCUT2D eigenvalue weighted by Gasteiger charge is -2.40. The Morgan fingerprint density at radius 2 is 1.87 bits per heavy atom. The molecule has 0 saturated heterocycles. The minimum atomic E-state index is -0.612. The van der Waals surface area contributed by atoms with Crippen molar-refractivity contribution < 1.29 is 13.6 Å². The molecule has 4 nitrogen and oxygen atoms in total. The Kier molecular flexibility index (Phi) is 5.41. The Bertz CT molecular complexity index is 1090. The molecule has 1 aromatic heterocycles. The number of halogens is 2. The molecule has 6 heteroatoms. The van der Waals surface area contributed by atoms with Crippen molar-refractivity contribution >= 4 is 5.91 Å². The van der Waals surface area contributed by atoms with Crippen LogP contribution in [0.5, 0.6) is 0 Å². The van der Waals surface area contributed by atoms with Crippen LogP contribution >= 0.6 is 0 Å². The monoisotopic (exact) mass is 409 g/mol. The number of amides is 1. The molecule has 2 unspecified atom stereocenters. The second-order valence-corrected chi connectivity index (χ2v) is 7.95. The molecular formula is C24H25F2N3O. The van der Waals surface area contributed by atoms with Crippen molar-refractivity contribution in [1.29, 1.82) is 0 Å². The lowest BCUT2D eigenvalue weighted by molar-refractivity contribution is -0.134. The van der Waals surface area contributed by atoms with Gasteiger partial charge in [0, 0.05) is 43.3 Å². The number of carbonyl (C=O) groups excluding carboxylic acids is 1. The van der Waals surface area contributed by atoms with E-state index in [1.807, 2.05) is 48.8 Å². The van der Waals surface area contributed by atoms with E-state index in [0.717, 1.165) is 22.9 Å². The number of nitrogens with zero attached hydrogens (tertiary/aromatic N) is 3. The average molecular weight is 409 g/mol. The first-order valence-electron chi connectivity index (χ1n) is 10.2. The van der Waals surface area contributed by atoms with Crippen LogP contribution in [0.3, 0.4) is 0 Å². The third-order valence-corrected chi connectivity index (χ3v) is 6.26. The Labute approximate surface area is 175 Å². The molecule has 2 atom stereocenters. The fourth-order valence-electron chi connectivity index (χ4n) is 4.38. The van der Waals surface area contributed by atoms with E-state index >= 15 is 0 Å². The summed E-state index contributed by atoms with van der Waals surface area (Å²) < 4.78 is 29.0. The van der Waals surface area contributed by atoms with E-state index in [2.05, 4.69) is 17.2 Å². The van der Waals surface area contributed by atoms with Gasteiger partial charge in [-0.2, -0.15) is 5.10 Å². The van der Waals surface area contributed by atoms with E-state index in [0.29, 0.717) is 12.1 Å². The third-order valence-electron chi connectivity index (χ3n) is 6.26. The largest absolute Gasteiger partial charge is 0.335 e. The summed E-state index contributed by atoms with van der Waals surface area (Å²) in [4.78, 5) is 15.0. The highest BCUT2D eigenvalue weighted by atomic mass is 19.1. The normalized spacial score (nSPS) is 18.4. The standard InChI is InChI=1S/C24H25F2N3O/c1-15-21(13-27-28(15)3)22-14-29(16(2)19-6-4-5-7-20(19)22)24(30)11-9-17-8-10-18(25)12-23(17)26/h4-8,10,12-13,16,22H,9,11,14H2,1-3H3. The fourth-order valence-corrected chi connectivity index (χ4v) is 4.38. The predicted molar refractivity (Wildman–Crippen MR) is 111 cm³/mol. The summed E-state index contributed by atoms with van der Waals surface area (Å²) in [7, 11) is 1.91. The van der Waals surface area contributed by atoms with E-state index in [-0.39, 0.29) is 30.7 Å². The number of aromatic nitrogens is 2. The smallest absolute Gasteiger partial charge is 0.223 e. The molecule has 4 rings (SSSR count). The maximum absolute atomic E-state index is 14.0.